The van der Waals surface area contributed by atoms with E-state index in [-0.39, 0.29) is 45.4 Å². The summed E-state index contributed by atoms with van der Waals surface area (Å²) in [5.74, 6) is -4.68. The second kappa shape index (κ2) is 12.5. The van der Waals surface area contributed by atoms with Crippen LogP contribution in [0.5, 0.6) is 11.5 Å². The van der Waals surface area contributed by atoms with Gasteiger partial charge in [-0.1, -0.05) is 12.1 Å². The lowest BCUT2D eigenvalue weighted by Crippen LogP contribution is -2.16. The second-order valence-electron chi connectivity index (χ2n) is 9.11. The first-order valence-corrected chi connectivity index (χ1v) is 12.4. The topological polar surface area (TPSA) is 228 Å². The highest BCUT2D eigenvalue weighted by molar-refractivity contribution is 6.08. The van der Waals surface area contributed by atoms with Crippen LogP contribution in [-0.4, -0.2) is 43.8 Å². The number of nitro benzene ring substituents is 2. The fraction of sp³-hybridized carbons (Fsp3) is 0.0345. The zero-order valence-electron chi connectivity index (χ0n) is 22.5. The molecule has 4 rings (SSSR count). The summed E-state index contributed by atoms with van der Waals surface area (Å²) in [7, 11) is 0. The van der Waals surface area contributed by atoms with Crippen LogP contribution < -0.4 is 15.4 Å². The van der Waals surface area contributed by atoms with Crippen molar-refractivity contribution >= 4 is 46.5 Å². The number of carboxylic acid groups (broad SMARTS) is 2. The van der Waals surface area contributed by atoms with Gasteiger partial charge in [-0.3, -0.25) is 29.8 Å². The first kappa shape index (κ1) is 30.3. The molecule has 0 fully saturated rings. The van der Waals surface area contributed by atoms with Crippen LogP contribution in [0.3, 0.4) is 0 Å². The van der Waals surface area contributed by atoms with Crippen molar-refractivity contribution in [2.75, 3.05) is 10.6 Å². The number of hydrogen-bond acceptors (Lipinski definition) is 9. The lowest BCUT2D eigenvalue weighted by Gasteiger charge is -2.17. The van der Waals surface area contributed by atoms with Crippen molar-refractivity contribution in [1.29, 1.82) is 0 Å². The van der Waals surface area contributed by atoms with Crippen LogP contribution in [0.4, 0.5) is 22.7 Å². The molecule has 0 unspecified atom stereocenters. The molecule has 4 aromatic rings. The van der Waals surface area contributed by atoms with Crippen LogP contribution in [0.15, 0.2) is 78.9 Å². The smallest absolute Gasteiger partial charge is 0.336 e. The SMILES string of the molecule is Cc1cc(Oc2ccc(C(=O)O)c(C(=O)O)c2)c(NC(=O)c2cccc([N+](=O)[O-])c2)cc1NC(=O)c1cccc([N+](=O)[O-])c1. The van der Waals surface area contributed by atoms with Gasteiger partial charge in [-0.25, -0.2) is 9.59 Å². The third-order valence-electron chi connectivity index (χ3n) is 6.14. The van der Waals surface area contributed by atoms with Gasteiger partial charge in [0.25, 0.3) is 23.2 Å². The van der Waals surface area contributed by atoms with Gasteiger partial charge in [-0.05, 0) is 55.0 Å². The highest BCUT2D eigenvalue weighted by atomic mass is 16.6. The number of nitrogens with one attached hydrogen (secondary N) is 2. The Morgan fingerprint density at radius 1 is 0.682 bits per heavy atom. The highest BCUT2D eigenvalue weighted by Crippen LogP contribution is 2.36. The Kier molecular flexibility index (Phi) is 8.60. The van der Waals surface area contributed by atoms with E-state index < -0.39 is 44.7 Å². The number of nitrogens with zero attached hydrogens (tertiary/aromatic N) is 2. The van der Waals surface area contributed by atoms with E-state index in [1.807, 2.05) is 0 Å². The minimum atomic E-state index is -1.53. The minimum Gasteiger partial charge on any atom is -0.478 e. The molecule has 0 saturated carbocycles. The molecule has 0 aromatic heterocycles. The van der Waals surface area contributed by atoms with Crippen LogP contribution in [0.2, 0.25) is 0 Å². The molecule has 0 bridgehead atoms. The average molecular weight is 600 g/mol. The Bertz CT molecular complexity index is 1870. The number of non-ortho nitro benzene ring substituents is 2. The molecule has 15 nitrogen and oxygen atoms in total. The molecule has 2 amide bonds. The number of nitro groups is 2. The third kappa shape index (κ3) is 6.80. The lowest BCUT2D eigenvalue weighted by atomic mass is 10.1. The molecule has 15 heteroatoms. The summed E-state index contributed by atoms with van der Waals surface area (Å²) in [5.41, 5.74) is -1.36. The van der Waals surface area contributed by atoms with Crippen LogP contribution in [0.25, 0.3) is 0 Å². The normalized spacial score (nSPS) is 10.4. The second-order valence-corrected chi connectivity index (χ2v) is 9.11. The largest absolute Gasteiger partial charge is 0.478 e. The Morgan fingerprint density at radius 3 is 1.70 bits per heavy atom. The molecule has 0 aliphatic rings. The monoisotopic (exact) mass is 600 g/mol. The number of aromatic carboxylic acids is 2. The zero-order valence-corrected chi connectivity index (χ0v) is 22.5. The predicted octanol–water partition coefficient (Wildman–Crippen LogP) is 5.50. The standard InChI is InChI=1S/C29H20N4O11/c1-15-10-25(44-20-8-9-21(28(36)37)22(13-20)29(38)39)24(31-27(35)17-5-3-7-19(12-17)33(42)43)14-23(15)30-26(34)16-4-2-6-18(11-16)32(40)41/h2-14H,1H3,(H,30,34)(H,31,35)(H,36,37)(H,38,39). The fourth-order valence-electron chi connectivity index (χ4n) is 3.99. The number of ether oxygens (including phenoxy) is 1. The van der Waals surface area contributed by atoms with Gasteiger partial charge in [0.05, 0.1) is 26.7 Å². The van der Waals surface area contributed by atoms with Crippen molar-refractivity contribution in [3.63, 3.8) is 0 Å². The van der Waals surface area contributed by atoms with Crippen LogP contribution in [0.1, 0.15) is 47.0 Å². The maximum absolute atomic E-state index is 13.1. The number of carboxylic acids is 2. The summed E-state index contributed by atoms with van der Waals surface area (Å²) in [5, 5.41) is 46.2. The molecule has 0 saturated heterocycles. The predicted molar refractivity (Wildman–Crippen MR) is 154 cm³/mol. The van der Waals surface area contributed by atoms with E-state index in [0.717, 1.165) is 24.3 Å². The van der Waals surface area contributed by atoms with Gasteiger partial charge >= 0.3 is 11.9 Å². The summed E-state index contributed by atoms with van der Waals surface area (Å²) < 4.78 is 5.83. The van der Waals surface area contributed by atoms with Gasteiger partial charge in [0, 0.05) is 41.1 Å². The summed E-state index contributed by atoms with van der Waals surface area (Å²) in [6, 6.07) is 15.8. The van der Waals surface area contributed by atoms with E-state index in [1.54, 1.807) is 6.92 Å². The number of carbonyl (C=O) groups excluding carboxylic acids is 2. The summed E-state index contributed by atoms with van der Waals surface area (Å²) >= 11 is 0. The third-order valence-corrected chi connectivity index (χ3v) is 6.14. The Morgan fingerprint density at radius 2 is 1.20 bits per heavy atom. The summed E-state index contributed by atoms with van der Waals surface area (Å²) in [6.45, 7) is 1.57. The van der Waals surface area contributed by atoms with E-state index in [2.05, 4.69) is 10.6 Å². The molecule has 0 radical (unpaired) electrons. The molecule has 0 atom stereocenters. The van der Waals surface area contributed by atoms with Crippen molar-refractivity contribution in [3.05, 3.63) is 127 Å². The van der Waals surface area contributed by atoms with Crippen LogP contribution >= 0.6 is 0 Å². The van der Waals surface area contributed by atoms with Crippen molar-refractivity contribution in [1.82, 2.24) is 0 Å². The molecular weight excluding hydrogens is 580 g/mol. The van der Waals surface area contributed by atoms with E-state index in [9.17, 15) is 49.6 Å². The van der Waals surface area contributed by atoms with Crippen molar-refractivity contribution < 1.29 is 44.0 Å². The van der Waals surface area contributed by atoms with E-state index >= 15 is 0 Å². The average Bonchev–Trinajstić information content (AvgIpc) is 2.99. The molecule has 0 spiro atoms. The summed E-state index contributed by atoms with van der Waals surface area (Å²) in [4.78, 5) is 70.1. The van der Waals surface area contributed by atoms with E-state index in [1.165, 1.54) is 54.6 Å². The first-order valence-electron chi connectivity index (χ1n) is 12.4. The number of hydrogen-bond donors (Lipinski definition) is 4. The van der Waals surface area contributed by atoms with Gasteiger partial charge in [-0.2, -0.15) is 0 Å². The summed E-state index contributed by atoms with van der Waals surface area (Å²) in [6.07, 6.45) is 0. The fourth-order valence-corrected chi connectivity index (χ4v) is 3.99. The van der Waals surface area contributed by atoms with Crippen molar-refractivity contribution in [3.8, 4) is 11.5 Å². The Balaban J connectivity index is 1.75. The molecule has 44 heavy (non-hydrogen) atoms. The van der Waals surface area contributed by atoms with Crippen LogP contribution in [0, 0.1) is 27.2 Å². The first-order chi connectivity index (χ1) is 20.8. The highest BCUT2D eigenvalue weighted by Gasteiger charge is 2.21. The maximum atomic E-state index is 13.1. The minimum absolute atomic E-state index is 0.0270. The van der Waals surface area contributed by atoms with Crippen LogP contribution in [-0.2, 0) is 0 Å². The Labute approximate surface area is 246 Å². The van der Waals surface area contributed by atoms with E-state index in [4.69, 9.17) is 4.74 Å². The maximum Gasteiger partial charge on any atom is 0.336 e. The number of amides is 2. The molecule has 0 aliphatic heterocycles. The molecular formula is C29H20N4O11. The zero-order chi connectivity index (χ0) is 32.1. The van der Waals surface area contributed by atoms with E-state index in [0.29, 0.717) is 5.56 Å². The lowest BCUT2D eigenvalue weighted by molar-refractivity contribution is -0.385. The van der Waals surface area contributed by atoms with Gasteiger partial charge in [0.1, 0.15) is 5.75 Å². The van der Waals surface area contributed by atoms with Gasteiger partial charge in [-0.15, -0.1) is 0 Å². The molecule has 4 N–H and O–H groups in total. The van der Waals surface area contributed by atoms with Crippen molar-refractivity contribution in [2.45, 2.75) is 6.92 Å². The molecule has 0 heterocycles. The number of benzene rings is 4. The molecule has 0 aliphatic carbocycles. The molecule has 4 aromatic carbocycles. The van der Waals surface area contributed by atoms with Crippen molar-refractivity contribution in [2.24, 2.45) is 0 Å². The number of carbonyl (C=O) groups is 4. The molecule has 222 valence electrons. The van der Waals surface area contributed by atoms with Gasteiger partial charge < -0.3 is 25.6 Å². The van der Waals surface area contributed by atoms with Gasteiger partial charge in [0.15, 0.2) is 5.75 Å². The number of anilines is 2. The number of rotatable bonds is 10. The Hall–Kier alpha value is -6.64. The quantitative estimate of drug-likeness (QED) is 0.131. The number of aryl methyl sites for hydroxylation is 1. The van der Waals surface area contributed by atoms with Gasteiger partial charge in [0.2, 0.25) is 0 Å².